The molecule has 7 nitrogen and oxygen atoms in total. The number of nitrogens with zero attached hydrogens (tertiary/aromatic N) is 2. The molecular formula is C18H25ClN4O3S. The Morgan fingerprint density at radius 3 is 2.48 bits per heavy atom. The third-order valence-corrected chi connectivity index (χ3v) is 7.00. The molecule has 0 atom stereocenters. The van der Waals surface area contributed by atoms with Gasteiger partial charge in [-0.1, -0.05) is 24.3 Å². The van der Waals surface area contributed by atoms with Gasteiger partial charge in [-0.2, -0.15) is 5.10 Å². The maximum Gasteiger partial charge on any atom is 0.241 e. The predicted molar refractivity (Wildman–Crippen MR) is 107 cm³/mol. The molecule has 1 amide bonds. The molecule has 1 aliphatic heterocycles. The first kappa shape index (κ1) is 21.4. The predicted octanol–water partition coefficient (Wildman–Crippen LogP) is 1.14. The maximum atomic E-state index is 12.8. The molecule has 0 bridgehead atoms. The second-order valence-electron chi connectivity index (χ2n) is 6.67. The molecule has 1 aromatic carbocycles. The number of carbonyl (C=O) groups excluding carboxylic acids is 1. The van der Waals surface area contributed by atoms with E-state index in [0.717, 1.165) is 17.4 Å². The second-order valence-corrected chi connectivity index (χ2v) is 9.00. The largest absolute Gasteiger partial charge is 0.351 e. The van der Waals surface area contributed by atoms with E-state index in [9.17, 15) is 13.2 Å². The SMILES string of the molecule is CS(=O)(=O)C1(C(=O)NCc2ccccc2Cn2cccn2)CCNCC1.Cl. The molecule has 0 radical (unpaired) electrons. The number of benzene rings is 1. The van der Waals surface area contributed by atoms with Crippen molar-refractivity contribution in [3.63, 3.8) is 0 Å². The third-order valence-electron chi connectivity index (χ3n) is 4.98. The number of nitrogens with one attached hydrogen (secondary N) is 2. The lowest BCUT2D eigenvalue weighted by atomic mass is 9.95. The van der Waals surface area contributed by atoms with Gasteiger partial charge in [0.25, 0.3) is 0 Å². The van der Waals surface area contributed by atoms with Crippen LogP contribution in [0.1, 0.15) is 24.0 Å². The maximum absolute atomic E-state index is 12.8. The van der Waals surface area contributed by atoms with Gasteiger partial charge in [-0.15, -0.1) is 12.4 Å². The Morgan fingerprint density at radius 2 is 1.89 bits per heavy atom. The van der Waals surface area contributed by atoms with Crippen molar-refractivity contribution in [2.45, 2.75) is 30.7 Å². The minimum atomic E-state index is -3.51. The molecule has 2 aromatic rings. The summed E-state index contributed by atoms with van der Waals surface area (Å²) in [6, 6.07) is 9.63. The van der Waals surface area contributed by atoms with Crippen LogP contribution in [0.4, 0.5) is 0 Å². The van der Waals surface area contributed by atoms with E-state index in [4.69, 9.17) is 0 Å². The van der Waals surface area contributed by atoms with Crippen molar-refractivity contribution >= 4 is 28.2 Å². The zero-order valence-electron chi connectivity index (χ0n) is 15.2. The molecule has 1 fully saturated rings. The second kappa shape index (κ2) is 8.86. The van der Waals surface area contributed by atoms with E-state index in [0.29, 0.717) is 39.0 Å². The summed E-state index contributed by atoms with van der Waals surface area (Å²) >= 11 is 0. The molecule has 1 saturated heterocycles. The summed E-state index contributed by atoms with van der Waals surface area (Å²) in [6.07, 6.45) is 5.35. The third kappa shape index (κ3) is 4.69. The van der Waals surface area contributed by atoms with Crippen molar-refractivity contribution in [1.82, 2.24) is 20.4 Å². The van der Waals surface area contributed by atoms with Crippen molar-refractivity contribution in [1.29, 1.82) is 0 Å². The summed E-state index contributed by atoms with van der Waals surface area (Å²) < 4.78 is 25.2. The van der Waals surface area contributed by atoms with Crippen LogP contribution in [0, 0.1) is 0 Å². The minimum absolute atomic E-state index is 0. The van der Waals surface area contributed by atoms with Crippen LogP contribution < -0.4 is 10.6 Å². The molecule has 1 aliphatic rings. The molecule has 2 N–H and O–H groups in total. The summed E-state index contributed by atoms with van der Waals surface area (Å²) in [5, 5.41) is 10.2. The lowest BCUT2D eigenvalue weighted by Gasteiger charge is -2.34. The number of halogens is 1. The van der Waals surface area contributed by atoms with Crippen LogP contribution in [0.15, 0.2) is 42.7 Å². The van der Waals surface area contributed by atoms with Gasteiger partial charge in [-0.3, -0.25) is 9.48 Å². The van der Waals surface area contributed by atoms with Gasteiger partial charge in [0.2, 0.25) is 5.91 Å². The van der Waals surface area contributed by atoms with Gasteiger partial charge in [-0.25, -0.2) is 8.42 Å². The molecule has 3 rings (SSSR count). The Hall–Kier alpha value is -1.90. The molecule has 9 heteroatoms. The Bertz CT molecular complexity index is 862. The van der Waals surface area contributed by atoms with Crippen molar-refractivity contribution in [2.75, 3.05) is 19.3 Å². The van der Waals surface area contributed by atoms with Gasteiger partial charge in [0.05, 0.1) is 6.54 Å². The number of carbonyl (C=O) groups is 1. The van der Waals surface area contributed by atoms with E-state index < -0.39 is 20.5 Å². The highest BCUT2D eigenvalue weighted by molar-refractivity contribution is 7.92. The Kier molecular flexibility index (Phi) is 7.02. The topological polar surface area (TPSA) is 93.1 Å². The number of amides is 1. The molecule has 27 heavy (non-hydrogen) atoms. The fraction of sp³-hybridized carbons (Fsp3) is 0.444. The molecule has 0 aliphatic carbocycles. The molecular weight excluding hydrogens is 388 g/mol. The Balaban J connectivity index is 0.00000261. The van der Waals surface area contributed by atoms with Crippen LogP contribution in [0.2, 0.25) is 0 Å². The van der Waals surface area contributed by atoms with Gasteiger partial charge >= 0.3 is 0 Å². The standard InChI is InChI=1S/C18H24N4O3S.ClH/c1-26(24,25)18(7-10-19-11-8-18)17(23)20-13-15-5-2-3-6-16(15)14-22-12-4-9-21-22;/h2-6,9,12,19H,7-8,10-11,13-14H2,1H3,(H,20,23);1H. The number of hydrogen-bond donors (Lipinski definition) is 2. The first-order chi connectivity index (χ1) is 12.4. The smallest absolute Gasteiger partial charge is 0.241 e. The summed E-state index contributed by atoms with van der Waals surface area (Å²) in [5.74, 6) is -0.407. The van der Waals surface area contributed by atoms with E-state index in [1.165, 1.54) is 0 Å². The number of sulfone groups is 1. The van der Waals surface area contributed by atoms with Crippen LogP contribution in [-0.4, -0.2) is 48.2 Å². The van der Waals surface area contributed by atoms with Crippen molar-refractivity contribution in [3.8, 4) is 0 Å². The average Bonchev–Trinajstić information content (AvgIpc) is 3.13. The molecule has 0 unspecified atom stereocenters. The Labute approximate surface area is 165 Å². The van der Waals surface area contributed by atoms with Gasteiger partial charge in [0.1, 0.15) is 0 Å². The fourth-order valence-electron chi connectivity index (χ4n) is 3.39. The quantitative estimate of drug-likeness (QED) is 0.742. The Morgan fingerprint density at radius 1 is 1.22 bits per heavy atom. The number of hydrogen-bond acceptors (Lipinski definition) is 5. The van der Waals surface area contributed by atoms with E-state index in [1.807, 2.05) is 41.2 Å². The highest BCUT2D eigenvalue weighted by Gasteiger charge is 2.48. The molecule has 2 heterocycles. The van der Waals surface area contributed by atoms with Crippen molar-refractivity contribution < 1.29 is 13.2 Å². The monoisotopic (exact) mass is 412 g/mol. The van der Waals surface area contributed by atoms with Gasteiger partial charge in [0, 0.05) is 25.2 Å². The van der Waals surface area contributed by atoms with Gasteiger partial charge < -0.3 is 10.6 Å². The van der Waals surface area contributed by atoms with E-state index in [1.54, 1.807) is 6.20 Å². The van der Waals surface area contributed by atoms with E-state index in [2.05, 4.69) is 15.7 Å². The van der Waals surface area contributed by atoms with Crippen LogP contribution in [0.3, 0.4) is 0 Å². The zero-order chi connectivity index (χ0) is 18.6. The lowest BCUT2D eigenvalue weighted by molar-refractivity contribution is -0.124. The first-order valence-electron chi connectivity index (χ1n) is 8.65. The minimum Gasteiger partial charge on any atom is -0.351 e. The van der Waals surface area contributed by atoms with Crippen molar-refractivity contribution in [2.24, 2.45) is 0 Å². The number of rotatable bonds is 6. The highest BCUT2D eigenvalue weighted by atomic mass is 35.5. The van der Waals surface area contributed by atoms with Gasteiger partial charge in [-0.05, 0) is 43.1 Å². The van der Waals surface area contributed by atoms with Gasteiger partial charge in [0.15, 0.2) is 14.6 Å². The van der Waals surface area contributed by atoms with E-state index >= 15 is 0 Å². The zero-order valence-corrected chi connectivity index (χ0v) is 16.9. The molecule has 148 valence electrons. The molecule has 1 aromatic heterocycles. The summed E-state index contributed by atoms with van der Waals surface area (Å²) in [6.45, 7) is 1.94. The summed E-state index contributed by atoms with van der Waals surface area (Å²) in [4.78, 5) is 12.8. The van der Waals surface area contributed by atoms with Crippen LogP contribution >= 0.6 is 12.4 Å². The number of aromatic nitrogens is 2. The lowest BCUT2D eigenvalue weighted by Crippen LogP contribution is -2.57. The summed E-state index contributed by atoms with van der Waals surface area (Å²) in [5.41, 5.74) is 1.99. The van der Waals surface area contributed by atoms with Crippen molar-refractivity contribution in [3.05, 3.63) is 53.9 Å². The first-order valence-corrected chi connectivity index (χ1v) is 10.5. The van der Waals surface area contributed by atoms with Crippen LogP contribution in [0.25, 0.3) is 0 Å². The highest BCUT2D eigenvalue weighted by Crippen LogP contribution is 2.28. The summed E-state index contributed by atoms with van der Waals surface area (Å²) in [7, 11) is -3.51. The average molecular weight is 413 g/mol. The van der Waals surface area contributed by atoms with Crippen LogP contribution in [0.5, 0.6) is 0 Å². The fourth-order valence-corrected chi connectivity index (χ4v) is 4.74. The molecule has 0 saturated carbocycles. The van der Waals surface area contributed by atoms with Crippen LogP contribution in [-0.2, 0) is 27.7 Å². The number of piperidine rings is 1. The normalized spacial score (nSPS) is 16.3. The van der Waals surface area contributed by atoms with E-state index in [-0.39, 0.29) is 12.4 Å². The molecule has 0 spiro atoms.